The number of piperidine rings is 1. The van der Waals surface area contributed by atoms with Crippen LogP contribution in [0.3, 0.4) is 0 Å². The maximum atomic E-state index is 15.3. The van der Waals surface area contributed by atoms with Gasteiger partial charge in [0.1, 0.15) is 11.4 Å². The number of rotatable bonds is 4. The van der Waals surface area contributed by atoms with Crippen molar-refractivity contribution in [2.75, 3.05) is 25.9 Å². The molecule has 1 aromatic heterocycles. The van der Waals surface area contributed by atoms with E-state index in [9.17, 15) is 0 Å². The molecule has 23 heavy (non-hydrogen) atoms. The van der Waals surface area contributed by atoms with Crippen molar-refractivity contribution >= 4 is 28.9 Å². The molecule has 0 amide bonds. The van der Waals surface area contributed by atoms with Gasteiger partial charge in [0.05, 0.1) is 7.11 Å². The summed E-state index contributed by atoms with van der Waals surface area (Å²) in [6.45, 7) is 2.22. The number of thiazole rings is 1. The highest BCUT2D eigenvalue weighted by Crippen LogP contribution is 2.41. The standard InChI is InChI=1S/C16H20FN3OS.ClH/c1-21-14-5-3-2-4-13(14)16(17)6-8-20(9-7-16)11-12-10-19-15(18)22-12;/h2-5,10H,6-9,11H2,1H3,(H2,18,19);1H. The van der Waals surface area contributed by atoms with Gasteiger partial charge >= 0.3 is 0 Å². The number of methoxy groups -OCH3 is 1. The molecular formula is C16H21ClFN3OS. The molecule has 0 aliphatic carbocycles. The number of hydrogen-bond acceptors (Lipinski definition) is 5. The Balaban J connectivity index is 0.00000192. The average Bonchev–Trinajstić information content (AvgIpc) is 2.95. The lowest BCUT2D eigenvalue weighted by molar-refractivity contribution is 0.0509. The van der Waals surface area contributed by atoms with Gasteiger partial charge in [0.15, 0.2) is 5.13 Å². The summed E-state index contributed by atoms with van der Waals surface area (Å²) in [5.74, 6) is 0.633. The highest BCUT2D eigenvalue weighted by molar-refractivity contribution is 7.15. The van der Waals surface area contributed by atoms with Gasteiger partial charge in [0.25, 0.3) is 0 Å². The lowest BCUT2D eigenvalue weighted by Gasteiger charge is -2.37. The van der Waals surface area contributed by atoms with Gasteiger partial charge in [-0.15, -0.1) is 23.7 Å². The van der Waals surface area contributed by atoms with Crippen molar-refractivity contribution in [3.63, 3.8) is 0 Å². The predicted molar refractivity (Wildman–Crippen MR) is 94.1 cm³/mol. The van der Waals surface area contributed by atoms with Crippen molar-refractivity contribution < 1.29 is 9.13 Å². The molecule has 3 rings (SSSR count). The summed E-state index contributed by atoms with van der Waals surface area (Å²) >= 11 is 1.49. The Labute approximate surface area is 145 Å². The van der Waals surface area contributed by atoms with Gasteiger partial charge in [0.2, 0.25) is 0 Å². The Morgan fingerprint density at radius 3 is 2.65 bits per heavy atom. The molecule has 1 aromatic carbocycles. The number of alkyl halides is 1. The van der Waals surface area contributed by atoms with E-state index in [-0.39, 0.29) is 12.4 Å². The zero-order chi connectivity index (χ0) is 15.6. The fraction of sp³-hybridized carbons (Fsp3) is 0.438. The largest absolute Gasteiger partial charge is 0.496 e. The normalized spacial score (nSPS) is 17.5. The fourth-order valence-electron chi connectivity index (χ4n) is 2.97. The van der Waals surface area contributed by atoms with E-state index in [0.29, 0.717) is 42.4 Å². The first kappa shape index (κ1) is 18.0. The number of para-hydroxylation sites is 1. The first-order valence-corrected chi connectivity index (χ1v) is 8.17. The smallest absolute Gasteiger partial charge is 0.180 e. The summed E-state index contributed by atoms with van der Waals surface area (Å²) in [6.07, 6.45) is 2.75. The quantitative estimate of drug-likeness (QED) is 0.908. The Bertz CT molecular complexity index is 644. The molecule has 0 bridgehead atoms. The molecule has 2 N–H and O–H groups in total. The third-order valence-electron chi connectivity index (χ3n) is 4.19. The van der Waals surface area contributed by atoms with Gasteiger partial charge in [-0.3, -0.25) is 4.90 Å². The number of likely N-dealkylation sites (tertiary alicyclic amines) is 1. The van der Waals surface area contributed by atoms with Crippen LogP contribution in [0.25, 0.3) is 0 Å². The summed E-state index contributed by atoms with van der Waals surface area (Å²) in [7, 11) is 1.59. The van der Waals surface area contributed by atoms with Crippen LogP contribution < -0.4 is 10.5 Å². The number of halogens is 2. The second-order valence-electron chi connectivity index (χ2n) is 5.61. The number of nitrogen functional groups attached to an aromatic ring is 1. The Kier molecular flexibility index (Phi) is 5.84. The number of anilines is 1. The van der Waals surface area contributed by atoms with Crippen molar-refractivity contribution in [2.45, 2.75) is 25.1 Å². The van der Waals surface area contributed by atoms with Crippen molar-refractivity contribution in [2.24, 2.45) is 0 Å². The number of aromatic nitrogens is 1. The van der Waals surface area contributed by atoms with E-state index >= 15 is 4.39 Å². The first-order chi connectivity index (χ1) is 10.6. The van der Waals surface area contributed by atoms with E-state index in [2.05, 4.69) is 9.88 Å². The highest BCUT2D eigenvalue weighted by Gasteiger charge is 2.38. The number of nitrogens with zero attached hydrogens (tertiary/aromatic N) is 2. The molecule has 0 atom stereocenters. The second-order valence-corrected chi connectivity index (χ2v) is 6.75. The van der Waals surface area contributed by atoms with E-state index < -0.39 is 5.67 Å². The Morgan fingerprint density at radius 1 is 1.35 bits per heavy atom. The van der Waals surface area contributed by atoms with E-state index in [1.54, 1.807) is 13.3 Å². The van der Waals surface area contributed by atoms with Crippen LogP contribution in [0.2, 0.25) is 0 Å². The molecular weight excluding hydrogens is 337 g/mol. The van der Waals surface area contributed by atoms with Gasteiger partial charge < -0.3 is 10.5 Å². The van der Waals surface area contributed by atoms with E-state index in [4.69, 9.17) is 10.5 Å². The molecule has 7 heteroatoms. The lowest BCUT2D eigenvalue weighted by atomic mass is 9.85. The van der Waals surface area contributed by atoms with E-state index in [0.717, 1.165) is 11.4 Å². The van der Waals surface area contributed by atoms with Crippen LogP contribution in [0.5, 0.6) is 5.75 Å². The average molecular weight is 358 g/mol. The highest BCUT2D eigenvalue weighted by atomic mass is 35.5. The number of hydrogen-bond donors (Lipinski definition) is 1. The molecule has 1 fully saturated rings. The third-order valence-corrected chi connectivity index (χ3v) is 5.00. The summed E-state index contributed by atoms with van der Waals surface area (Å²) < 4.78 is 20.6. The number of benzene rings is 1. The summed E-state index contributed by atoms with van der Waals surface area (Å²) in [5.41, 5.74) is 5.01. The minimum Gasteiger partial charge on any atom is -0.496 e. The Hall–Kier alpha value is -1.37. The molecule has 0 spiro atoms. The first-order valence-electron chi connectivity index (χ1n) is 7.36. The van der Waals surface area contributed by atoms with Gasteiger partial charge in [-0.2, -0.15) is 0 Å². The molecule has 1 aliphatic heterocycles. The van der Waals surface area contributed by atoms with Gasteiger partial charge in [-0.05, 0) is 18.9 Å². The zero-order valence-electron chi connectivity index (χ0n) is 13.0. The molecule has 1 saturated heterocycles. The van der Waals surface area contributed by atoms with Gasteiger partial charge in [-0.25, -0.2) is 9.37 Å². The molecule has 0 unspecified atom stereocenters. The second kappa shape index (κ2) is 7.47. The van der Waals surface area contributed by atoms with Crippen molar-refractivity contribution in [1.29, 1.82) is 0 Å². The summed E-state index contributed by atoms with van der Waals surface area (Å²) in [6, 6.07) is 7.39. The molecule has 1 aliphatic rings. The minimum atomic E-state index is -1.31. The van der Waals surface area contributed by atoms with Crippen LogP contribution in [-0.4, -0.2) is 30.1 Å². The maximum Gasteiger partial charge on any atom is 0.180 e. The molecule has 2 heterocycles. The molecule has 2 aromatic rings. The molecule has 126 valence electrons. The fourth-order valence-corrected chi connectivity index (χ4v) is 3.69. The summed E-state index contributed by atoms with van der Waals surface area (Å²) in [4.78, 5) is 7.44. The van der Waals surface area contributed by atoms with Crippen molar-refractivity contribution in [1.82, 2.24) is 9.88 Å². The van der Waals surface area contributed by atoms with Crippen LogP contribution in [0.15, 0.2) is 30.5 Å². The van der Waals surface area contributed by atoms with Gasteiger partial charge in [-0.1, -0.05) is 18.2 Å². The van der Waals surface area contributed by atoms with Crippen LogP contribution in [-0.2, 0) is 12.2 Å². The minimum absolute atomic E-state index is 0. The maximum absolute atomic E-state index is 15.3. The van der Waals surface area contributed by atoms with Crippen LogP contribution >= 0.6 is 23.7 Å². The SMILES string of the molecule is COc1ccccc1C1(F)CCN(Cc2cnc(N)s2)CC1.Cl. The number of nitrogens with two attached hydrogens (primary N) is 1. The van der Waals surface area contributed by atoms with E-state index in [1.165, 1.54) is 11.3 Å². The van der Waals surface area contributed by atoms with Crippen molar-refractivity contribution in [3.05, 3.63) is 40.9 Å². The monoisotopic (exact) mass is 357 g/mol. The van der Waals surface area contributed by atoms with E-state index in [1.807, 2.05) is 24.3 Å². The van der Waals surface area contributed by atoms with Crippen LogP contribution in [0, 0.1) is 0 Å². The third kappa shape index (κ3) is 3.94. The Morgan fingerprint density at radius 2 is 2.04 bits per heavy atom. The van der Waals surface area contributed by atoms with Crippen LogP contribution in [0.1, 0.15) is 23.3 Å². The molecule has 0 saturated carbocycles. The predicted octanol–water partition coefficient (Wildman–Crippen LogP) is 3.62. The zero-order valence-corrected chi connectivity index (χ0v) is 14.6. The summed E-state index contributed by atoms with van der Waals surface area (Å²) in [5, 5.41) is 0.584. The molecule has 0 radical (unpaired) electrons. The van der Waals surface area contributed by atoms with Crippen molar-refractivity contribution in [3.8, 4) is 5.75 Å². The lowest BCUT2D eigenvalue weighted by Crippen LogP contribution is -2.39. The number of ether oxygens (including phenoxy) is 1. The topological polar surface area (TPSA) is 51.4 Å². The molecule has 4 nitrogen and oxygen atoms in total. The van der Waals surface area contributed by atoms with Crippen LogP contribution in [0.4, 0.5) is 9.52 Å². The van der Waals surface area contributed by atoms with Gasteiger partial charge in [0, 0.05) is 36.3 Å².